The van der Waals surface area contributed by atoms with Crippen LogP contribution in [-0.4, -0.2) is 62.8 Å². The monoisotopic (exact) mass is 264 g/mol. The van der Waals surface area contributed by atoms with Crippen LogP contribution in [-0.2, 0) is 4.79 Å². The molecule has 0 aliphatic heterocycles. The van der Waals surface area contributed by atoms with Gasteiger partial charge in [0.15, 0.2) is 5.78 Å². The van der Waals surface area contributed by atoms with E-state index in [-0.39, 0.29) is 24.8 Å². The summed E-state index contributed by atoms with van der Waals surface area (Å²) >= 11 is 0. The van der Waals surface area contributed by atoms with Gasteiger partial charge in [-0.15, -0.1) is 0 Å². The van der Waals surface area contributed by atoms with Gasteiger partial charge in [0, 0.05) is 14.1 Å². The van der Waals surface area contributed by atoms with E-state index < -0.39 is 0 Å². The molecule has 5 nitrogen and oxygen atoms in total. The molecule has 104 valence electrons. The highest BCUT2D eigenvalue weighted by Gasteiger charge is 2.16. The summed E-state index contributed by atoms with van der Waals surface area (Å²) in [5.41, 5.74) is 0.536. The number of para-hydroxylation sites is 1. The average Bonchev–Trinajstić information content (AvgIpc) is 2.38. The highest BCUT2D eigenvalue weighted by atomic mass is 16.5. The minimum absolute atomic E-state index is 0.0321. The number of ketones is 1. The van der Waals surface area contributed by atoms with Gasteiger partial charge < -0.3 is 9.64 Å². The van der Waals surface area contributed by atoms with E-state index in [2.05, 4.69) is 0 Å². The molecule has 0 atom stereocenters. The van der Waals surface area contributed by atoms with Gasteiger partial charge in [-0.1, -0.05) is 12.1 Å². The van der Waals surface area contributed by atoms with E-state index in [4.69, 9.17) is 4.74 Å². The van der Waals surface area contributed by atoms with E-state index in [9.17, 15) is 9.59 Å². The summed E-state index contributed by atoms with van der Waals surface area (Å²) in [5, 5.41) is 0. The van der Waals surface area contributed by atoms with Crippen LogP contribution in [0.5, 0.6) is 5.75 Å². The number of nitrogens with zero attached hydrogens (tertiary/aromatic N) is 2. The highest BCUT2D eigenvalue weighted by molar-refractivity contribution is 6.00. The van der Waals surface area contributed by atoms with Gasteiger partial charge in [0.2, 0.25) is 5.91 Å². The molecule has 19 heavy (non-hydrogen) atoms. The molecule has 0 unspecified atom stereocenters. The van der Waals surface area contributed by atoms with Crippen LogP contribution in [0.4, 0.5) is 0 Å². The summed E-state index contributed by atoms with van der Waals surface area (Å²) in [6, 6.07) is 7.08. The Labute approximate surface area is 113 Å². The molecule has 0 bridgehead atoms. The quantitative estimate of drug-likeness (QED) is 0.716. The molecular weight excluding hydrogens is 244 g/mol. The SMILES string of the molecule is COc1ccccc1C(=O)CN(C)CC(=O)N(C)C. The molecule has 1 aromatic carbocycles. The van der Waals surface area contributed by atoms with Crippen LogP contribution in [0.1, 0.15) is 10.4 Å². The molecule has 0 aromatic heterocycles. The number of rotatable bonds is 6. The van der Waals surface area contributed by atoms with Gasteiger partial charge in [-0.2, -0.15) is 0 Å². The lowest BCUT2D eigenvalue weighted by atomic mass is 10.1. The number of benzene rings is 1. The number of methoxy groups -OCH3 is 1. The second-order valence-electron chi connectivity index (χ2n) is 4.58. The van der Waals surface area contributed by atoms with Crippen molar-refractivity contribution in [3.05, 3.63) is 29.8 Å². The Morgan fingerprint density at radius 1 is 1.11 bits per heavy atom. The smallest absolute Gasteiger partial charge is 0.236 e. The molecule has 1 rings (SSSR count). The number of carbonyl (C=O) groups is 2. The number of hydrogen-bond acceptors (Lipinski definition) is 4. The van der Waals surface area contributed by atoms with Crippen molar-refractivity contribution in [3.8, 4) is 5.75 Å². The average molecular weight is 264 g/mol. The minimum atomic E-state index is -0.0634. The first-order valence-corrected chi connectivity index (χ1v) is 6.00. The zero-order valence-electron chi connectivity index (χ0n) is 11.8. The lowest BCUT2D eigenvalue weighted by Gasteiger charge is -2.18. The van der Waals surface area contributed by atoms with Crippen molar-refractivity contribution in [2.24, 2.45) is 0 Å². The second kappa shape index (κ2) is 6.89. The fraction of sp³-hybridized carbons (Fsp3) is 0.429. The van der Waals surface area contributed by atoms with Crippen molar-refractivity contribution >= 4 is 11.7 Å². The van der Waals surface area contributed by atoms with Gasteiger partial charge in [-0.05, 0) is 19.2 Å². The maximum atomic E-state index is 12.1. The fourth-order valence-electron chi connectivity index (χ4n) is 1.63. The Hall–Kier alpha value is -1.88. The minimum Gasteiger partial charge on any atom is -0.496 e. The van der Waals surface area contributed by atoms with Gasteiger partial charge in [0.25, 0.3) is 0 Å². The molecule has 0 aliphatic carbocycles. The summed E-state index contributed by atoms with van der Waals surface area (Å²) in [6.45, 7) is 0.397. The summed E-state index contributed by atoms with van der Waals surface area (Å²) in [7, 11) is 6.66. The van der Waals surface area contributed by atoms with Crippen LogP contribution >= 0.6 is 0 Å². The van der Waals surface area contributed by atoms with Crippen LogP contribution < -0.4 is 4.74 Å². The molecule has 0 aliphatic rings. The predicted molar refractivity (Wildman–Crippen MR) is 73.5 cm³/mol. The lowest BCUT2D eigenvalue weighted by molar-refractivity contribution is -0.129. The van der Waals surface area contributed by atoms with Crippen LogP contribution in [0.15, 0.2) is 24.3 Å². The zero-order valence-corrected chi connectivity index (χ0v) is 11.8. The third-order valence-electron chi connectivity index (χ3n) is 2.72. The van der Waals surface area contributed by atoms with Crippen molar-refractivity contribution in [2.75, 3.05) is 41.3 Å². The third kappa shape index (κ3) is 4.37. The first kappa shape index (κ1) is 15.2. The molecule has 0 heterocycles. The number of hydrogen-bond donors (Lipinski definition) is 0. The van der Waals surface area contributed by atoms with E-state index in [1.807, 2.05) is 6.07 Å². The number of Topliss-reactive ketones (excluding diaryl/α,β-unsaturated/α-hetero) is 1. The van der Waals surface area contributed by atoms with Gasteiger partial charge >= 0.3 is 0 Å². The lowest BCUT2D eigenvalue weighted by Crippen LogP contribution is -2.37. The zero-order chi connectivity index (χ0) is 14.4. The number of carbonyl (C=O) groups excluding carboxylic acids is 2. The standard InChI is InChI=1S/C14H20N2O3/c1-15(2)14(18)10-16(3)9-12(17)11-7-5-6-8-13(11)19-4/h5-8H,9-10H2,1-4H3. The van der Waals surface area contributed by atoms with Crippen LogP contribution in [0.25, 0.3) is 0 Å². The second-order valence-corrected chi connectivity index (χ2v) is 4.58. The van der Waals surface area contributed by atoms with Crippen molar-refractivity contribution in [3.63, 3.8) is 0 Å². The number of likely N-dealkylation sites (N-methyl/N-ethyl adjacent to an activating group) is 2. The fourth-order valence-corrected chi connectivity index (χ4v) is 1.63. The molecule has 1 aromatic rings. The maximum absolute atomic E-state index is 12.1. The third-order valence-corrected chi connectivity index (χ3v) is 2.72. The molecule has 1 amide bonds. The Morgan fingerprint density at radius 2 is 1.74 bits per heavy atom. The Morgan fingerprint density at radius 3 is 2.32 bits per heavy atom. The van der Waals surface area contributed by atoms with Crippen LogP contribution in [0.3, 0.4) is 0 Å². The Balaban J connectivity index is 2.66. The van der Waals surface area contributed by atoms with Crippen molar-refractivity contribution < 1.29 is 14.3 Å². The van der Waals surface area contributed by atoms with Gasteiger partial charge in [0.1, 0.15) is 5.75 Å². The van der Waals surface area contributed by atoms with Gasteiger partial charge in [-0.25, -0.2) is 0 Å². The van der Waals surface area contributed by atoms with Crippen molar-refractivity contribution in [2.45, 2.75) is 0 Å². The summed E-state index contributed by atoms with van der Waals surface area (Å²) in [5.74, 6) is 0.460. The molecule has 0 spiro atoms. The van der Waals surface area contributed by atoms with E-state index in [0.29, 0.717) is 11.3 Å². The molecule has 0 N–H and O–H groups in total. The topological polar surface area (TPSA) is 49.9 Å². The van der Waals surface area contributed by atoms with Crippen LogP contribution in [0, 0.1) is 0 Å². The molecule has 0 radical (unpaired) electrons. The number of amides is 1. The summed E-state index contributed by atoms with van der Waals surface area (Å²) in [4.78, 5) is 26.9. The van der Waals surface area contributed by atoms with Crippen LogP contribution in [0.2, 0.25) is 0 Å². The van der Waals surface area contributed by atoms with Gasteiger partial charge in [0.05, 0.1) is 25.8 Å². The first-order valence-electron chi connectivity index (χ1n) is 6.00. The molecule has 0 fully saturated rings. The molecular formula is C14H20N2O3. The van der Waals surface area contributed by atoms with E-state index >= 15 is 0 Å². The van der Waals surface area contributed by atoms with Crippen molar-refractivity contribution in [1.82, 2.24) is 9.80 Å². The maximum Gasteiger partial charge on any atom is 0.236 e. The van der Waals surface area contributed by atoms with E-state index in [1.54, 1.807) is 44.2 Å². The number of ether oxygens (including phenoxy) is 1. The molecule has 5 heteroatoms. The van der Waals surface area contributed by atoms with E-state index in [1.165, 1.54) is 12.0 Å². The predicted octanol–water partition coefficient (Wildman–Crippen LogP) is 0.898. The first-order chi connectivity index (χ1) is 8.95. The largest absolute Gasteiger partial charge is 0.496 e. The summed E-state index contributed by atoms with van der Waals surface area (Å²) < 4.78 is 5.15. The van der Waals surface area contributed by atoms with Gasteiger partial charge in [-0.3, -0.25) is 14.5 Å². The Bertz CT molecular complexity index is 458. The molecule has 0 saturated carbocycles. The van der Waals surface area contributed by atoms with E-state index in [0.717, 1.165) is 0 Å². The highest BCUT2D eigenvalue weighted by Crippen LogP contribution is 2.17. The Kier molecular flexibility index (Phi) is 5.51. The summed E-state index contributed by atoms with van der Waals surface area (Å²) in [6.07, 6.45) is 0. The van der Waals surface area contributed by atoms with Crippen molar-refractivity contribution in [1.29, 1.82) is 0 Å². The molecule has 0 saturated heterocycles. The normalized spacial score (nSPS) is 10.4.